The van der Waals surface area contributed by atoms with Crippen molar-refractivity contribution in [2.24, 2.45) is 40.4 Å². The lowest BCUT2D eigenvalue weighted by Gasteiger charge is -2.60. The number of esters is 1. The second-order valence-electron chi connectivity index (χ2n) is 10.7. The standard InChI is InChI=1S/C23H30O3/c1-21-8-5-14(24)11-13(21)3-4-15-17(21)6-9-22(2)20(15)16-12-18(16)23(22)10-7-19(25)26-23/h11,15-18,20H,3-10,12H2,1-2H3. The van der Waals surface area contributed by atoms with E-state index in [1.165, 1.54) is 31.3 Å². The van der Waals surface area contributed by atoms with Gasteiger partial charge in [0.2, 0.25) is 0 Å². The predicted octanol–water partition coefficient (Wildman–Crippen LogP) is 4.45. The molecule has 0 aromatic heterocycles. The number of ketones is 1. The maximum atomic E-state index is 12.1. The molecule has 1 spiro atoms. The molecule has 3 nitrogen and oxygen atoms in total. The summed E-state index contributed by atoms with van der Waals surface area (Å²) < 4.78 is 6.17. The minimum Gasteiger partial charge on any atom is -0.458 e. The summed E-state index contributed by atoms with van der Waals surface area (Å²) in [5, 5.41) is 0. The molecule has 6 rings (SSSR count). The van der Waals surface area contributed by atoms with Crippen LogP contribution in [0.4, 0.5) is 0 Å². The first-order valence-corrected chi connectivity index (χ1v) is 10.8. The normalized spacial score (nSPS) is 57.0. The quantitative estimate of drug-likeness (QED) is 0.604. The molecule has 1 saturated heterocycles. The molecule has 1 aliphatic heterocycles. The summed E-state index contributed by atoms with van der Waals surface area (Å²) in [6.45, 7) is 4.92. The molecule has 1 heterocycles. The van der Waals surface area contributed by atoms with E-state index in [1.54, 1.807) is 0 Å². The van der Waals surface area contributed by atoms with Crippen LogP contribution in [0.1, 0.15) is 71.6 Å². The van der Waals surface area contributed by atoms with Crippen LogP contribution in [0.15, 0.2) is 11.6 Å². The van der Waals surface area contributed by atoms with Crippen molar-refractivity contribution in [3.8, 4) is 0 Å². The van der Waals surface area contributed by atoms with Crippen LogP contribution in [-0.2, 0) is 14.3 Å². The number of ether oxygens (including phenoxy) is 1. The van der Waals surface area contributed by atoms with Gasteiger partial charge >= 0.3 is 5.97 Å². The zero-order chi connectivity index (χ0) is 17.9. The van der Waals surface area contributed by atoms with Crippen molar-refractivity contribution in [2.45, 2.75) is 77.2 Å². The lowest BCUT2D eigenvalue weighted by Crippen LogP contribution is -2.56. The van der Waals surface area contributed by atoms with Crippen LogP contribution in [0.25, 0.3) is 0 Å². The molecule has 8 atom stereocenters. The second kappa shape index (κ2) is 4.64. The molecule has 0 N–H and O–H groups in total. The molecule has 6 aliphatic rings. The highest BCUT2D eigenvalue weighted by atomic mass is 16.6. The smallest absolute Gasteiger partial charge is 0.306 e. The van der Waals surface area contributed by atoms with Gasteiger partial charge in [0.25, 0.3) is 0 Å². The van der Waals surface area contributed by atoms with Crippen LogP contribution < -0.4 is 0 Å². The van der Waals surface area contributed by atoms with Gasteiger partial charge in [0, 0.05) is 24.2 Å². The average molecular weight is 354 g/mol. The third-order valence-corrected chi connectivity index (χ3v) is 10.1. The number of fused-ring (bicyclic) bond motifs is 9. The molecule has 0 radical (unpaired) electrons. The fraction of sp³-hybridized carbons (Fsp3) is 0.826. The SMILES string of the molecule is CC12CCC(=O)C=C1CCC1C2CCC2(C)C1C1CC1C21CCC(=O)O1. The molecule has 3 heteroatoms. The maximum absolute atomic E-state index is 12.1. The Morgan fingerprint density at radius 1 is 0.962 bits per heavy atom. The summed E-state index contributed by atoms with van der Waals surface area (Å²) >= 11 is 0. The van der Waals surface area contributed by atoms with Gasteiger partial charge in [0.05, 0.1) is 0 Å². The van der Waals surface area contributed by atoms with Crippen molar-refractivity contribution in [3.05, 3.63) is 11.6 Å². The van der Waals surface area contributed by atoms with E-state index in [0.717, 1.165) is 49.4 Å². The Bertz CT molecular complexity index is 753. The van der Waals surface area contributed by atoms with Crippen LogP contribution in [0.5, 0.6) is 0 Å². The number of carbonyl (C=O) groups excluding carboxylic acids is 2. The molecule has 0 bridgehead atoms. The van der Waals surface area contributed by atoms with E-state index in [0.29, 0.717) is 18.1 Å². The van der Waals surface area contributed by atoms with Crippen LogP contribution in [0.3, 0.4) is 0 Å². The first kappa shape index (κ1) is 15.9. The van der Waals surface area contributed by atoms with Gasteiger partial charge in [-0.2, -0.15) is 0 Å². The molecule has 5 fully saturated rings. The Kier molecular flexibility index (Phi) is 2.84. The minimum absolute atomic E-state index is 0.0475. The van der Waals surface area contributed by atoms with Crippen molar-refractivity contribution < 1.29 is 14.3 Å². The molecule has 0 aromatic rings. The van der Waals surface area contributed by atoms with Gasteiger partial charge in [-0.3, -0.25) is 9.59 Å². The van der Waals surface area contributed by atoms with Crippen LogP contribution in [0, 0.1) is 40.4 Å². The van der Waals surface area contributed by atoms with E-state index in [2.05, 4.69) is 13.8 Å². The number of rotatable bonds is 0. The number of hydrogen-bond donors (Lipinski definition) is 0. The fourth-order valence-corrected chi connectivity index (χ4v) is 8.92. The van der Waals surface area contributed by atoms with E-state index >= 15 is 0 Å². The molecule has 0 aromatic carbocycles. The number of hydrogen-bond acceptors (Lipinski definition) is 3. The van der Waals surface area contributed by atoms with Gasteiger partial charge in [-0.15, -0.1) is 0 Å². The van der Waals surface area contributed by atoms with E-state index in [-0.39, 0.29) is 22.4 Å². The summed E-state index contributed by atoms with van der Waals surface area (Å²) in [4.78, 5) is 24.1. The Morgan fingerprint density at radius 3 is 2.58 bits per heavy atom. The van der Waals surface area contributed by atoms with Crippen molar-refractivity contribution in [1.82, 2.24) is 0 Å². The highest BCUT2D eigenvalue weighted by molar-refractivity contribution is 5.91. The minimum atomic E-state index is -0.135. The number of allylic oxidation sites excluding steroid dienone is 1. The number of carbonyl (C=O) groups is 2. The first-order valence-electron chi connectivity index (χ1n) is 10.8. The van der Waals surface area contributed by atoms with E-state index in [9.17, 15) is 9.59 Å². The Hall–Kier alpha value is -1.12. The van der Waals surface area contributed by atoms with Gasteiger partial charge < -0.3 is 4.74 Å². The van der Waals surface area contributed by atoms with Gasteiger partial charge in [0.15, 0.2) is 5.78 Å². The summed E-state index contributed by atoms with van der Waals surface area (Å²) in [5.74, 6) is 4.04. The zero-order valence-corrected chi connectivity index (χ0v) is 16.1. The molecule has 0 amide bonds. The third-order valence-electron chi connectivity index (χ3n) is 10.1. The van der Waals surface area contributed by atoms with Crippen LogP contribution >= 0.6 is 0 Å². The first-order chi connectivity index (χ1) is 12.4. The van der Waals surface area contributed by atoms with Gasteiger partial charge in [-0.1, -0.05) is 19.4 Å². The fourth-order valence-electron chi connectivity index (χ4n) is 8.92. The van der Waals surface area contributed by atoms with Gasteiger partial charge in [0.1, 0.15) is 5.60 Å². The van der Waals surface area contributed by atoms with Crippen molar-refractivity contribution in [2.75, 3.05) is 0 Å². The predicted molar refractivity (Wildman–Crippen MR) is 97.1 cm³/mol. The summed E-state index contributed by atoms with van der Waals surface area (Å²) in [7, 11) is 0. The topological polar surface area (TPSA) is 43.4 Å². The van der Waals surface area contributed by atoms with Crippen molar-refractivity contribution in [3.63, 3.8) is 0 Å². The van der Waals surface area contributed by atoms with Crippen molar-refractivity contribution >= 4 is 11.8 Å². The molecular weight excluding hydrogens is 324 g/mol. The largest absolute Gasteiger partial charge is 0.458 e. The highest BCUT2D eigenvalue weighted by Crippen LogP contribution is 2.79. The third kappa shape index (κ3) is 1.63. The average Bonchev–Trinajstić information content (AvgIpc) is 3.24. The highest BCUT2D eigenvalue weighted by Gasteiger charge is 2.78. The molecule has 5 aliphatic carbocycles. The Labute approximate surface area is 155 Å². The van der Waals surface area contributed by atoms with E-state index in [4.69, 9.17) is 4.74 Å². The lowest BCUT2D eigenvalue weighted by molar-refractivity contribution is -0.176. The molecule has 8 unspecified atom stereocenters. The lowest BCUT2D eigenvalue weighted by atomic mass is 9.45. The Morgan fingerprint density at radius 2 is 1.81 bits per heavy atom. The summed E-state index contributed by atoms with van der Waals surface area (Å²) in [6, 6.07) is 0. The van der Waals surface area contributed by atoms with Crippen LogP contribution in [-0.4, -0.2) is 17.4 Å². The van der Waals surface area contributed by atoms with E-state index in [1.807, 2.05) is 6.08 Å². The summed E-state index contributed by atoms with van der Waals surface area (Å²) in [5.41, 5.74) is 1.75. The van der Waals surface area contributed by atoms with Crippen molar-refractivity contribution in [1.29, 1.82) is 0 Å². The molecule has 140 valence electrons. The van der Waals surface area contributed by atoms with Crippen LogP contribution in [0.2, 0.25) is 0 Å². The molecule has 26 heavy (non-hydrogen) atoms. The second-order valence-corrected chi connectivity index (χ2v) is 10.7. The zero-order valence-electron chi connectivity index (χ0n) is 16.1. The summed E-state index contributed by atoms with van der Waals surface area (Å²) in [6.07, 6.45) is 11.5. The van der Waals surface area contributed by atoms with Gasteiger partial charge in [-0.05, 0) is 80.1 Å². The molecule has 4 saturated carbocycles. The maximum Gasteiger partial charge on any atom is 0.306 e. The molecular formula is C23H30O3. The van der Waals surface area contributed by atoms with Gasteiger partial charge in [-0.25, -0.2) is 0 Å². The van der Waals surface area contributed by atoms with E-state index < -0.39 is 0 Å². The Balaban J connectivity index is 1.40. The monoisotopic (exact) mass is 354 g/mol.